The number of rotatable bonds is 4. The molecule has 20 aromatic rings. The number of pyridine rings is 4. The van der Waals surface area contributed by atoms with Crippen LogP contribution in [0.2, 0.25) is 0 Å². The van der Waals surface area contributed by atoms with Crippen molar-refractivity contribution in [3.05, 3.63) is 311 Å². The minimum absolute atomic E-state index is 0.122. The lowest BCUT2D eigenvalue weighted by Gasteiger charge is -2.17. The molecule has 8 heteroatoms. The SMILES string of the molecule is Cc1cc(-c2c(C)ccc3c2oc2cc4ccccc4cc23)[n+](C)cc1C.Cc1cc(C)c2c(oc3cc4ccccc4cc32)c1-c1cccc[n+]1C.Cc1ccc(-c2c(C)cc(C)c3c2oc2cc4ccccc4cc23)[n+](C)c1.Cc1ccc2c(oc3cc4ccccc4cc32)c1-c1ccc(C(C)(C)C)c[n+]1C. The van der Waals surface area contributed by atoms with Crippen molar-refractivity contribution in [2.75, 3.05) is 0 Å². The molecule has 0 aliphatic rings. The number of benzene rings is 12. The Morgan fingerprint density at radius 1 is 0.248 bits per heavy atom. The molecule has 0 unspecified atom stereocenters. The quantitative estimate of drug-likeness (QED) is 0.165. The van der Waals surface area contributed by atoms with Gasteiger partial charge in [0.15, 0.2) is 24.8 Å². The molecule has 534 valence electrons. The fourth-order valence-electron chi connectivity index (χ4n) is 16.7. The van der Waals surface area contributed by atoms with Crippen LogP contribution < -0.4 is 18.3 Å². The first-order valence-corrected chi connectivity index (χ1v) is 37.8. The molecule has 8 heterocycles. The third-order valence-corrected chi connectivity index (χ3v) is 22.5. The van der Waals surface area contributed by atoms with Crippen molar-refractivity contribution in [1.29, 1.82) is 0 Å². The number of hydrogen-bond acceptors (Lipinski definition) is 4. The largest absolute Gasteiger partial charge is 0.455 e. The second kappa shape index (κ2) is 27.1. The molecule has 8 nitrogen and oxygen atoms in total. The summed E-state index contributed by atoms with van der Waals surface area (Å²) in [6.07, 6.45) is 8.68. The predicted octanol–water partition coefficient (Wildman–Crippen LogP) is 25.0. The Hall–Kier alpha value is -12.5. The number of aromatic nitrogens is 4. The zero-order chi connectivity index (χ0) is 75.6. The van der Waals surface area contributed by atoms with E-state index in [2.05, 4.69) is 385 Å². The standard InChI is InChI=1S/C27H26NO.2C25H22NO.C24H20NO/c1-17-10-12-21-22-14-18-8-6-7-9-19(18)15-24(22)29-26(21)25(17)23-13-11-20(16-28(23)5)27(2,3)4;1-15-9-10-20-21-12-18-7-5-6-8-19(18)13-23(21)27-25(20)24(15)22-11-16(2)17(3)14-26(22)4;1-15-9-10-21(26(4)14-15)24-17(3)11-16(2)23-20-12-18-7-5-6-8-19(18)13-22(20)27-25(23)24;1-15-12-16(2)23(20-10-6-7-11-25(20)3)24-22(15)19-13-17-8-4-5-9-18(17)14-21(19)26-24/h6-16H,1-5H3;2*5-14H,1-4H3;4-14H,1-3H3/q4*+1. The first-order valence-electron chi connectivity index (χ1n) is 37.8. The zero-order valence-electron chi connectivity index (χ0n) is 65.2. The third kappa shape index (κ3) is 12.3. The van der Waals surface area contributed by atoms with Gasteiger partial charge >= 0.3 is 0 Å². The van der Waals surface area contributed by atoms with E-state index in [1.165, 1.54) is 187 Å². The number of furan rings is 4. The van der Waals surface area contributed by atoms with E-state index in [0.29, 0.717) is 0 Å². The van der Waals surface area contributed by atoms with E-state index in [9.17, 15) is 0 Å². The van der Waals surface area contributed by atoms with Gasteiger partial charge in [-0.3, -0.25) is 0 Å². The van der Waals surface area contributed by atoms with Crippen LogP contribution in [0.25, 0.3) is 176 Å². The smallest absolute Gasteiger partial charge is 0.216 e. The minimum Gasteiger partial charge on any atom is -0.455 e. The molecule has 0 aliphatic heterocycles. The fraction of sp³-hybridized carbons (Fsp3) is 0.168. The molecule has 12 aromatic carbocycles. The average molecular weight is 1420 g/mol. The first-order chi connectivity index (χ1) is 52.5. The molecule has 0 amide bonds. The average Bonchev–Trinajstić information content (AvgIpc) is 1.62. The summed E-state index contributed by atoms with van der Waals surface area (Å²) in [6, 6.07) is 82.2. The summed E-state index contributed by atoms with van der Waals surface area (Å²) in [5, 5.41) is 19.3. The van der Waals surface area contributed by atoms with Crippen LogP contribution in [0.5, 0.6) is 0 Å². The number of nitrogens with zero attached hydrogens (tertiary/aromatic N) is 4. The van der Waals surface area contributed by atoms with Gasteiger partial charge in [0, 0.05) is 90.1 Å². The van der Waals surface area contributed by atoms with Gasteiger partial charge in [-0.1, -0.05) is 154 Å². The van der Waals surface area contributed by atoms with Crippen LogP contribution in [-0.2, 0) is 33.6 Å². The molecule has 20 rings (SSSR count). The molecule has 0 spiro atoms. The van der Waals surface area contributed by atoms with Crippen LogP contribution in [0.1, 0.15) is 76.4 Å². The topological polar surface area (TPSA) is 68.1 Å². The minimum atomic E-state index is 0.122. The van der Waals surface area contributed by atoms with Crippen molar-refractivity contribution in [2.24, 2.45) is 28.2 Å². The van der Waals surface area contributed by atoms with E-state index < -0.39 is 0 Å². The van der Waals surface area contributed by atoms with Crippen LogP contribution in [0, 0.1) is 62.3 Å². The lowest BCUT2D eigenvalue weighted by molar-refractivity contribution is -0.661. The highest BCUT2D eigenvalue weighted by atomic mass is 16.3. The molecule has 0 fully saturated rings. The van der Waals surface area contributed by atoms with Gasteiger partial charge in [-0.15, -0.1) is 0 Å². The van der Waals surface area contributed by atoms with Gasteiger partial charge in [0.25, 0.3) is 0 Å². The molecule has 0 N–H and O–H groups in total. The van der Waals surface area contributed by atoms with E-state index in [0.717, 1.165) is 44.7 Å². The van der Waals surface area contributed by atoms with Gasteiger partial charge in [0.2, 0.25) is 22.8 Å². The van der Waals surface area contributed by atoms with Crippen molar-refractivity contribution >= 4 is 131 Å². The van der Waals surface area contributed by atoms with Crippen LogP contribution in [0.3, 0.4) is 0 Å². The maximum absolute atomic E-state index is 6.48. The summed E-state index contributed by atoms with van der Waals surface area (Å²) >= 11 is 0. The van der Waals surface area contributed by atoms with Gasteiger partial charge in [0.1, 0.15) is 72.9 Å². The van der Waals surface area contributed by atoms with Gasteiger partial charge in [-0.05, 0) is 216 Å². The second-order valence-corrected chi connectivity index (χ2v) is 31.3. The number of fused-ring (bicyclic) bond motifs is 16. The Morgan fingerprint density at radius 2 is 0.606 bits per heavy atom. The van der Waals surface area contributed by atoms with Crippen molar-refractivity contribution < 1.29 is 35.9 Å². The van der Waals surface area contributed by atoms with Crippen molar-refractivity contribution in [3.63, 3.8) is 0 Å². The highest BCUT2D eigenvalue weighted by Gasteiger charge is 2.28. The molecule has 109 heavy (non-hydrogen) atoms. The van der Waals surface area contributed by atoms with Crippen molar-refractivity contribution in [1.82, 2.24) is 0 Å². The van der Waals surface area contributed by atoms with Crippen LogP contribution in [0.4, 0.5) is 0 Å². The molecule has 0 saturated carbocycles. The van der Waals surface area contributed by atoms with Crippen LogP contribution in [-0.4, -0.2) is 0 Å². The number of aryl methyl sites for hydroxylation is 13. The van der Waals surface area contributed by atoms with Crippen LogP contribution in [0.15, 0.2) is 273 Å². The van der Waals surface area contributed by atoms with E-state index >= 15 is 0 Å². The summed E-state index contributed by atoms with van der Waals surface area (Å²) in [6.45, 7) is 26.2. The summed E-state index contributed by atoms with van der Waals surface area (Å²) in [4.78, 5) is 0. The molecule has 0 bridgehead atoms. The van der Waals surface area contributed by atoms with Gasteiger partial charge in [-0.2, -0.15) is 0 Å². The zero-order valence-corrected chi connectivity index (χ0v) is 65.2. The highest BCUT2D eigenvalue weighted by Crippen LogP contribution is 2.45. The van der Waals surface area contributed by atoms with Gasteiger partial charge < -0.3 is 17.7 Å². The first kappa shape index (κ1) is 69.5. The summed E-state index contributed by atoms with van der Waals surface area (Å²) in [5.41, 5.74) is 29.8. The normalized spacial score (nSPS) is 11.9. The second-order valence-electron chi connectivity index (χ2n) is 31.3. The van der Waals surface area contributed by atoms with Gasteiger partial charge in [-0.25, -0.2) is 18.3 Å². The molecular weight excluding hydrogens is 1330 g/mol. The fourth-order valence-corrected chi connectivity index (χ4v) is 16.7. The Kier molecular flexibility index (Phi) is 17.3. The number of hydrogen-bond donors (Lipinski definition) is 0. The summed E-state index contributed by atoms with van der Waals surface area (Å²) < 4.78 is 34.6. The Balaban J connectivity index is 0.000000106. The summed E-state index contributed by atoms with van der Waals surface area (Å²) in [5.74, 6) is 0. The molecule has 0 saturated heterocycles. The Morgan fingerprint density at radius 3 is 1.03 bits per heavy atom. The molecular formula is C101H90N4O4+4. The van der Waals surface area contributed by atoms with Gasteiger partial charge in [0.05, 0.1) is 22.3 Å². The lowest BCUT2D eigenvalue weighted by Crippen LogP contribution is -2.33. The van der Waals surface area contributed by atoms with E-state index in [4.69, 9.17) is 17.7 Å². The Labute approximate surface area is 635 Å². The monoisotopic (exact) mass is 1420 g/mol. The molecule has 0 radical (unpaired) electrons. The third-order valence-electron chi connectivity index (χ3n) is 22.5. The maximum atomic E-state index is 6.48. The summed E-state index contributed by atoms with van der Waals surface area (Å²) in [7, 11) is 8.42. The van der Waals surface area contributed by atoms with E-state index in [1.54, 1.807) is 0 Å². The van der Waals surface area contributed by atoms with Crippen molar-refractivity contribution in [2.45, 2.75) is 88.5 Å². The Bertz CT molecular complexity index is 7130. The molecule has 8 aromatic heterocycles. The molecule has 0 atom stereocenters. The predicted molar refractivity (Wildman–Crippen MR) is 453 cm³/mol. The lowest BCUT2D eigenvalue weighted by atomic mass is 9.88. The van der Waals surface area contributed by atoms with Crippen LogP contribution >= 0.6 is 0 Å². The highest BCUT2D eigenvalue weighted by molar-refractivity contribution is 6.18. The van der Waals surface area contributed by atoms with E-state index in [1.807, 2.05) is 0 Å². The van der Waals surface area contributed by atoms with Crippen molar-refractivity contribution in [3.8, 4) is 45.0 Å². The molecule has 0 aliphatic carbocycles. The maximum Gasteiger partial charge on any atom is 0.216 e. The van der Waals surface area contributed by atoms with E-state index in [-0.39, 0.29) is 5.41 Å².